The molecule has 15 heavy (non-hydrogen) atoms. The van der Waals surface area contributed by atoms with Gasteiger partial charge in [0.2, 0.25) is 0 Å². The molecule has 1 aliphatic heterocycles. The van der Waals surface area contributed by atoms with Gasteiger partial charge in [0.05, 0.1) is 12.7 Å². The second-order valence-corrected chi connectivity index (χ2v) is 4.60. The Labute approximate surface area is 90.0 Å². The van der Waals surface area contributed by atoms with Crippen LogP contribution in [0.1, 0.15) is 32.1 Å². The lowest BCUT2D eigenvalue weighted by atomic mass is 9.83. The summed E-state index contributed by atoms with van der Waals surface area (Å²) < 4.78 is 5.17. The summed E-state index contributed by atoms with van der Waals surface area (Å²) in [6.07, 6.45) is 5.00. The van der Waals surface area contributed by atoms with Gasteiger partial charge in [-0.3, -0.25) is 4.79 Å². The molecule has 0 aromatic rings. The highest BCUT2D eigenvalue weighted by atomic mass is 16.5. The van der Waals surface area contributed by atoms with E-state index in [0.29, 0.717) is 19.6 Å². The van der Waals surface area contributed by atoms with Crippen LogP contribution < -0.4 is 5.32 Å². The van der Waals surface area contributed by atoms with Crippen LogP contribution in [0.25, 0.3) is 0 Å². The molecule has 4 heteroatoms. The molecule has 2 atom stereocenters. The zero-order valence-corrected chi connectivity index (χ0v) is 8.95. The van der Waals surface area contributed by atoms with Crippen LogP contribution >= 0.6 is 0 Å². The molecule has 0 radical (unpaired) electrons. The first kappa shape index (κ1) is 10.9. The molecule has 4 nitrogen and oxygen atoms in total. The molecule has 0 aromatic heterocycles. The van der Waals surface area contributed by atoms with Crippen LogP contribution in [0.5, 0.6) is 0 Å². The van der Waals surface area contributed by atoms with Crippen molar-refractivity contribution in [1.82, 2.24) is 5.32 Å². The molecule has 2 fully saturated rings. The molecule has 2 N–H and O–H groups in total. The lowest BCUT2D eigenvalue weighted by Gasteiger charge is -2.25. The maximum atomic E-state index is 11.5. The van der Waals surface area contributed by atoms with Gasteiger partial charge in [0.1, 0.15) is 6.04 Å². The highest BCUT2D eigenvalue weighted by Gasteiger charge is 2.29. The summed E-state index contributed by atoms with van der Waals surface area (Å²) in [5, 5.41) is 12.2. The largest absolute Gasteiger partial charge is 0.465 e. The first-order valence-corrected chi connectivity index (χ1v) is 5.84. The Bertz CT molecular complexity index is 228. The van der Waals surface area contributed by atoms with Crippen LogP contribution in [0.15, 0.2) is 0 Å². The molecule has 2 unspecified atom stereocenters. The standard InChI is InChI=1S/C11H19NO3/c13-9-6-10(12-7-9)11(14)15-5-4-8-2-1-3-8/h8-10,12-13H,1-7H2. The molecular weight excluding hydrogens is 194 g/mol. The number of rotatable bonds is 4. The molecule has 1 saturated heterocycles. The van der Waals surface area contributed by atoms with Gasteiger partial charge < -0.3 is 15.2 Å². The molecule has 1 heterocycles. The summed E-state index contributed by atoms with van der Waals surface area (Å²) in [6, 6.07) is -0.290. The van der Waals surface area contributed by atoms with E-state index in [1.54, 1.807) is 0 Å². The van der Waals surface area contributed by atoms with Crippen molar-refractivity contribution in [2.75, 3.05) is 13.2 Å². The average Bonchev–Trinajstić information content (AvgIpc) is 2.56. The fraction of sp³-hybridized carbons (Fsp3) is 0.909. The summed E-state index contributed by atoms with van der Waals surface area (Å²) in [4.78, 5) is 11.5. The van der Waals surface area contributed by atoms with Crippen molar-refractivity contribution in [3.05, 3.63) is 0 Å². The number of aliphatic hydroxyl groups is 1. The monoisotopic (exact) mass is 213 g/mol. The number of carbonyl (C=O) groups is 1. The van der Waals surface area contributed by atoms with Crippen LogP contribution in [0.4, 0.5) is 0 Å². The SMILES string of the molecule is O=C(OCCC1CCC1)C1CC(O)CN1. The number of aliphatic hydroxyl groups excluding tert-OH is 1. The second-order valence-electron chi connectivity index (χ2n) is 4.60. The minimum absolute atomic E-state index is 0.203. The topological polar surface area (TPSA) is 58.6 Å². The molecule has 2 aliphatic rings. The maximum absolute atomic E-state index is 11.5. The van der Waals surface area contributed by atoms with Crippen molar-refractivity contribution in [2.24, 2.45) is 5.92 Å². The summed E-state index contributed by atoms with van der Waals surface area (Å²) >= 11 is 0. The van der Waals surface area contributed by atoms with E-state index in [9.17, 15) is 9.90 Å². The number of hydrogen-bond donors (Lipinski definition) is 2. The fourth-order valence-electron chi connectivity index (χ4n) is 2.10. The summed E-state index contributed by atoms with van der Waals surface area (Å²) in [5.74, 6) is 0.575. The first-order chi connectivity index (χ1) is 7.25. The number of hydrogen-bond acceptors (Lipinski definition) is 4. The van der Waals surface area contributed by atoms with E-state index in [0.717, 1.165) is 12.3 Å². The molecule has 0 aromatic carbocycles. The predicted molar refractivity (Wildman–Crippen MR) is 55.3 cm³/mol. The minimum Gasteiger partial charge on any atom is -0.465 e. The summed E-state index contributed by atoms with van der Waals surface area (Å²) in [6.45, 7) is 1.04. The molecule has 1 aliphatic carbocycles. The third-order valence-electron chi connectivity index (χ3n) is 3.39. The lowest BCUT2D eigenvalue weighted by Crippen LogP contribution is -2.32. The Morgan fingerprint density at radius 3 is 2.80 bits per heavy atom. The third-order valence-corrected chi connectivity index (χ3v) is 3.39. The van der Waals surface area contributed by atoms with E-state index in [1.165, 1.54) is 19.3 Å². The van der Waals surface area contributed by atoms with E-state index < -0.39 is 6.10 Å². The van der Waals surface area contributed by atoms with E-state index in [-0.39, 0.29) is 12.0 Å². The van der Waals surface area contributed by atoms with Gasteiger partial charge in [0.25, 0.3) is 0 Å². The molecule has 86 valence electrons. The molecule has 0 amide bonds. The van der Waals surface area contributed by atoms with E-state index >= 15 is 0 Å². The van der Waals surface area contributed by atoms with Crippen LogP contribution in [-0.4, -0.2) is 36.4 Å². The number of ether oxygens (including phenoxy) is 1. The van der Waals surface area contributed by atoms with Crippen LogP contribution in [0, 0.1) is 5.92 Å². The normalized spacial score (nSPS) is 31.3. The van der Waals surface area contributed by atoms with Gasteiger partial charge in [0, 0.05) is 13.0 Å². The zero-order valence-electron chi connectivity index (χ0n) is 8.95. The van der Waals surface area contributed by atoms with E-state index in [1.807, 2.05) is 0 Å². The summed E-state index contributed by atoms with van der Waals surface area (Å²) in [5.41, 5.74) is 0. The third kappa shape index (κ3) is 2.92. The molecular formula is C11H19NO3. The van der Waals surface area contributed by atoms with Crippen molar-refractivity contribution in [2.45, 2.75) is 44.2 Å². The van der Waals surface area contributed by atoms with Gasteiger partial charge in [-0.1, -0.05) is 19.3 Å². The number of β-amino-alcohol motifs (C(OH)–C–C–N with tert-alkyl or cyclic N) is 1. The van der Waals surface area contributed by atoms with Gasteiger partial charge in [0.15, 0.2) is 0 Å². The molecule has 0 bridgehead atoms. The average molecular weight is 213 g/mol. The molecule has 1 saturated carbocycles. The Morgan fingerprint density at radius 2 is 2.27 bits per heavy atom. The van der Waals surface area contributed by atoms with Crippen LogP contribution in [0.2, 0.25) is 0 Å². The molecule has 0 spiro atoms. The first-order valence-electron chi connectivity index (χ1n) is 5.84. The maximum Gasteiger partial charge on any atom is 0.323 e. The predicted octanol–water partition coefficient (Wildman–Crippen LogP) is 0.443. The van der Waals surface area contributed by atoms with Crippen molar-refractivity contribution >= 4 is 5.97 Å². The van der Waals surface area contributed by atoms with Crippen LogP contribution in [0.3, 0.4) is 0 Å². The Hall–Kier alpha value is -0.610. The molecule has 2 rings (SSSR count). The lowest BCUT2D eigenvalue weighted by molar-refractivity contribution is -0.146. The Kier molecular flexibility index (Phi) is 3.59. The fourth-order valence-corrected chi connectivity index (χ4v) is 2.10. The number of carbonyl (C=O) groups excluding carboxylic acids is 1. The minimum atomic E-state index is -0.394. The van der Waals surface area contributed by atoms with Crippen molar-refractivity contribution in [3.63, 3.8) is 0 Å². The van der Waals surface area contributed by atoms with E-state index in [4.69, 9.17) is 4.74 Å². The van der Waals surface area contributed by atoms with Gasteiger partial charge >= 0.3 is 5.97 Å². The smallest absolute Gasteiger partial charge is 0.323 e. The van der Waals surface area contributed by atoms with Crippen molar-refractivity contribution in [1.29, 1.82) is 0 Å². The van der Waals surface area contributed by atoms with Crippen molar-refractivity contribution < 1.29 is 14.6 Å². The highest BCUT2D eigenvalue weighted by molar-refractivity contribution is 5.76. The van der Waals surface area contributed by atoms with Crippen LogP contribution in [-0.2, 0) is 9.53 Å². The summed E-state index contributed by atoms with van der Waals surface area (Å²) in [7, 11) is 0. The van der Waals surface area contributed by atoms with Gasteiger partial charge in [-0.05, 0) is 12.3 Å². The number of nitrogens with one attached hydrogen (secondary N) is 1. The van der Waals surface area contributed by atoms with Gasteiger partial charge in [-0.25, -0.2) is 0 Å². The Morgan fingerprint density at radius 1 is 1.47 bits per heavy atom. The van der Waals surface area contributed by atoms with E-state index in [2.05, 4.69) is 5.32 Å². The van der Waals surface area contributed by atoms with Crippen molar-refractivity contribution in [3.8, 4) is 0 Å². The number of esters is 1. The van der Waals surface area contributed by atoms with Gasteiger partial charge in [-0.15, -0.1) is 0 Å². The Balaban J connectivity index is 1.59. The zero-order chi connectivity index (χ0) is 10.7. The second kappa shape index (κ2) is 4.94. The van der Waals surface area contributed by atoms with Gasteiger partial charge in [-0.2, -0.15) is 0 Å². The highest BCUT2D eigenvalue weighted by Crippen LogP contribution is 2.29. The quantitative estimate of drug-likeness (QED) is 0.665.